The van der Waals surface area contributed by atoms with E-state index in [9.17, 15) is 22.7 Å². The summed E-state index contributed by atoms with van der Waals surface area (Å²) in [6.45, 7) is 2.21. The van der Waals surface area contributed by atoms with Crippen molar-refractivity contribution in [2.24, 2.45) is 11.0 Å². The summed E-state index contributed by atoms with van der Waals surface area (Å²) in [7, 11) is 0. The smallest absolute Gasteiger partial charge is 0.383 e. The van der Waals surface area contributed by atoms with Crippen molar-refractivity contribution in [2.75, 3.05) is 0 Å². The summed E-state index contributed by atoms with van der Waals surface area (Å²) in [6, 6.07) is 5.05. The first-order valence-corrected chi connectivity index (χ1v) is 5.70. The Morgan fingerprint density at radius 2 is 1.85 bits per heavy atom. The molecular formula is C12H13F4N3O. The van der Waals surface area contributed by atoms with E-state index in [1.165, 1.54) is 18.2 Å². The highest BCUT2D eigenvalue weighted by Crippen LogP contribution is 2.41. The van der Waals surface area contributed by atoms with E-state index in [1.54, 1.807) is 0 Å². The van der Waals surface area contributed by atoms with E-state index in [1.807, 2.05) is 0 Å². The van der Waals surface area contributed by atoms with E-state index in [0.717, 1.165) is 19.9 Å². The van der Waals surface area contributed by atoms with E-state index < -0.39 is 29.6 Å². The Morgan fingerprint density at radius 3 is 2.30 bits per heavy atom. The molecule has 0 fully saturated rings. The van der Waals surface area contributed by atoms with E-state index >= 15 is 0 Å². The minimum Gasteiger partial charge on any atom is -0.383 e. The van der Waals surface area contributed by atoms with E-state index in [4.69, 9.17) is 5.53 Å². The summed E-state index contributed by atoms with van der Waals surface area (Å²) in [5.74, 6) is -2.36. The summed E-state index contributed by atoms with van der Waals surface area (Å²) in [4.78, 5) is 2.49. The van der Waals surface area contributed by atoms with Gasteiger partial charge in [-0.1, -0.05) is 30.2 Å². The highest BCUT2D eigenvalue weighted by Gasteiger charge is 2.49. The van der Waals surface area contributed by atoms with Crippen molar-refractivity contribution in [1.82, 2.24) is 0 Å². The Morgan fingerprint density at radius 1 is 1.30 bits per heavy atom. The fourth-order valence-corrected chi connectivity index (χ4v) is 1.95. The molecule has 110 valence electrons. The second-order valence-corrected chi connectivity index (χ2v) is 4.59. The van der Waals surface area contributed by atoms with Crippen LogP contribution in [0.15, 0.2) is 29.4 Å². The van der Waals surface area contributed by atoms with Crippen LogP contribution in [0.2, 0.25) is 0 Å². The summed E-state index contributed by atoms with van der Waals surface area (Å²) in [5.41, 5.74) is 6.49. The number of hydrogen-bond acceptors (Lipinski definition) is 2. The van der Waals surface area contributed by atoms with Gasteiger partial charge in [-0.2, -0.15) is 13.2 Å². The molecule has 0 radical (unpaired) electrons. The van der Waals surface area contributed by atoms with Gasteiger partial charge in [0.15, 0.2) is 6.10 Å². The van der Waals surface area contributed by atoms with Crippen LogP contribution in [-0.4, -0.2) is 17.4 Å². The van der Waals surface area contributed by atoms with Crippen molar-refractivity contribution in [2.45, 2.75) is 31.7 Å². The summed E-state index contributed by atoms with van der Waals surface area (Å²) in [6.07, 6.45) is -7.63. The zero-order valence-corrected chi connectivity index (χ0v) is 10.8. The zero-order valence-electron chi connectivity index (χ0n) is 10.8. The van der Waals surface area contributed by atoms with Crippen molar-refractivity contribution >= 4 is 0 Å². The molecule has 1 aromatic rings. The van der Waals surface area contributed by atoms with Crippen LogP contribution in [0, 0.1) is 11.7 Å². The van der Waals surface area contributed by atoms with Crippen LogP contribution in [-0.2, 0) is 5.54 Å². The maximum absolute atomic E-state index is 13.8. The van der Waals surface area contributed by atoms with Gasteiger partial charge in [0.1, 0.15) is 5.82 Å². The lowest BCUT2D eigenvalue weighted by Crippen LogP contribution is -2.44. The lowest BCUT2D eigenvalue weighted by molar-refractivity contribution is -0.224. The fraction of sp³-hybridized carbons (Fsp3) is 0.500. The van der Waals surface area contributed by atoms with Crippen molar-refractivity contribution < 1.29 is 22.7 Å². The van der Waals surface area contributed by atoms with Gasteiger partial charge in [-0.15, -0.1) is 0 Å². The van der Waals surface area contributed by atoms with Gasteiger partial charge in [-0.25, -0.2) is 4.39 Å². The number of nitrogens with zero attached hydrogens (tertiary/aromatic N) is 3. The van der Waals surface area contributed by atoms with Crippen LogP contribution in [0.5, 0.6) is 0 Å². The molecule has 0 aliphatic carbocycles. The molecule has 0 amide bonds. The number of alkyl halides is 3. The Kier molecular flexibility index (Phi) is 4.62. The Labute approximate surface area is 112 Å². The monoisotopic (exact) mass is 291 g/mol. The molecule has 0 aromatic heterocycles. The third-order valence-corrected chi connectivity index (χ3v) is 3.37. The number of hydrogen-bond donors (Lipinski definition) is 1. The lowest BCUT2D eigenvalue weighted by atomic mass is 9.78. The van der Waals surface area contributed by atoms with Gasteiger partial charge in [-0.3, -0.25) is 0 Å². The molecule has 3 atom stereocenters. The average Bonchev–Trinajstić information content (AvgIpc) is 2.36. The maximum atomic E-state index is 13.8. The van der Waals surface area contributed by atoms with Gasteiger partial charge in [0.2, 0.25) is 0 Å². The van der Waals surface area contributed by atoms with Crippen molar-refractivity contribution in [3.8, 4) is 0 Å². The number of benzene rings is 1. The van der Waals surface area contributed by atoms with Crippen LogP contribution < -0.4 is 0 Å². The molecule has 0 saturated heterocycles. The molecule has 20 heavy (non-hydrogen) atoms. The zero-order chi connectivity index (χ0) is 15.6. The number of aliphatic hydroxyl groups is 1. The molecule has 0 aliphatic heterocycles. The Hall–Kier alpha value is -1.79. The molecule has 0 aliphatic rings. The standard InChI is InChI=1S/C12H13F4N3O/c1-7(10(20)12(14,15)16)11(2,18-19-17)8-5-3-4-6-9(8)13/h3-7,10,20H,1-2H3/t7-,10-,11-/m0/s1. The fourth-order valence-electron chi connectivity index (χ4n) is 1.95. The highest BCUT2D eigenvalue weighted by atomic mass is 19.4. The Balaban J connectivity index is 3.37. The van der Waals surface area contributed by atoms with Gasteiger partial charge in [0.25, 0.3) is 0 Å². The lowest BCUT2D eigenvalue weighted by Gasteiger charge is -2.35. The molecule has 0 heterocycles. The first-order valence-electron chi connectivity index (χ1n) is 5.70. The first-order chi connectivity index (χ1) is 9.14. The SMILES string of the molecule is C[C@@H]([C@H](O)C(F)(F)F)[C@](C)(N=[N+]=[N-])c1ccccc1F. The minimum atomic E-state index is -4.89. The highest BCUT2D eigenvalue weighted by molar-refractivity contribution is 5.27. The van der Waals surface area contributed by atoms with Gasteiger partial charge in [-0.05, 0) is 24.1 Å². The maximum Gasteiger partial charge on any atom is 0.414 e. The van der Waals surface area contributed by atoms with Gasteiger partial charge < -0.3 is 5.11 Å². The minimum absolute atomic E-state index is 0.200. The normalized spacial score (nSPS) is 17.8. The molecule has 0 saturated carbocycles. The van der Waals surface area contributed by atoms with E-state index in [0.29, 0.717) is 0 Å². The van der Waals surface area contributed by atoms with Gasteiger partial charge in [0.05, 0.1) is 5.54 Å². The van der Waals surface area contributed by atoms with Crippen molar-refractivity contribution in [3.05, 3.63) is 46.1 Å². The molecule has 0 unspecified atom stereocenters. The molecular weight excluding hydrogens is 278 g/mol. The number of rotatable bonds is 4. The van der Waals surface area contributed by atoms with E-state index in [2.05, 4.69) is 10.0 Å². The van der Waals surface area contributed by atoms with Crippen LogP contribution in [0.1, 0.15) is 19.4 Å². The molecule has 1 aromatic carbocycles. The van der Waals surface area contributed by atoms with Crippen LogP contribution in [0.3, 0.4) is 0 Å². The summed E-state index contributed by atoms with van der Waals surface area (Å²) < 4.78 is 51.6. The number of aliphatic hydroxyl groups excluding tert-OH is 1. The van der Waals surface area contributed by atoms with Gasteiger partial charge >= 0.3 is 6.18 Å². The molecule has 1 rings (SSSR count). The molecule has 0 bridgehead atoms. The number of azide groups is 1. The first kappa shape index (κ1) is 16.3. The van der Waals surface area contributed by atoms with Crippen LogP contribution in [0.25, 0.3) is 10.4 Å². The molecule has 1 N–H and O–H groups in total. The molecule has 8 heteroatoms. The predicted molar refractivity (Wildman–Crippen MR) is 64.1 cm³/mol. The molecule has 4 nitrogen and oxygen atoms in total. The largest absolute Gasteiger partial charge is 0.414 e. The van der Waals surface area contributed by atoms with Gasteiger partial charge in [0, 0.05) is 10.8 Å². The van der Waals surface area contributed by atoms with Crippen LogP contribution >= 0.6 is 0 Å². The van der Waals surface area contributed by atoms with E-state index in [-0.39, 0.29) is 5.56 Å². The third kappa shape index (κ3) is 3.02. The topological polar surface area (TPSA) is 69.0 Å². The molecule has 0 spiro atoms. The second kappa shape index (κ2) is 5.68. The Bertz CT molecular complexity index is 528. The quantitative estimate of drug-likeness (QED) is 0.388. The third-order valence-electron chi connectivity index (χ3n) is 3.37. The summed E-state index contributed by atoms with van der Waals surface area (Å²) in [5, 5.41) is 12.6. The van der Waals surface area contributed by atoms with Crippen LogP contribution in [0.4, 0.5) is 17.6 Å². The van der Waals surface area contributed by atoms with Crippen molar-refractivity contribution in [1.29, 1.82) is 0 Å². The van der Waals surface area contributed by atoms with Crippen molar-refractivity contribution in [3.63, 3.8) is 0 Å². The summed E-state index contributed by atoms with van der Waals surface area (Å²) >= 11 is 0. The number of halogens is 4. The average molecular weight is 291 g/mol. The predicted octanol–water partition coefficient (Wildman–Crippen LogP) is 3.91. The second-order valence-electron chi connectivity index (χ2n) is 4.59.